The average molecular weight is 309 g/mol. The highest BCUT2D eigenvalue weighted by Gasteiger charge is 2.12. The van der Waals surface area contributed by atoms with Crippen LogP contribution in [0.1, 0.15) is 22.9 Å². The third-order valence-electron chi connectivity index (χ3n) is 2.79. The van der Waals surface area contributed by atoms with Gasteiger partial charge in [0, 0.05) is 6.20 Å². The Morgan fingerprint density at radius 1 is 1.39 bits per heavy atom. The molecule has 1 heterocycles. The maximum atomic E-state index is 13.4. The van der Waals surface area contributed by atoms with E-state index in [-0.39, 0.29) is 11.9 Å². The van der Waals surface area contributed by atoms with Crippen LogP contribution in [0.5, 0.6) is 0 Å². The van der Waals surface area contributed by atoms with Gasteiger partial charge in [-0.1, -0.05) is 12.1 Å². The van der Waals surface area contributed by atoms with E-state index in [1.807, 2.05) is 25.1 Å². The molecule has 0 saturated heterocycles. The number of aromatic nitrogens is 1. The predicted molar refractivity (Wildman–Crippen MR) is 73.7 cm³/mol. The molecule has 0 aliphatic heterocycles. The molecule has 1 aromatic heterocycles. The largest absolute Gasteiger partial charge is 0.322 e. The predicted octanol–water partition coefficient (Wildman–Crippen LogP) is 3.53. The Kier molecular flexibility index (Phi) is 4.09. The summed E-state index contributed by atoms with van der Waals surface area (Å²) in [4.78, 5) is 4.25. The summed E-state index contributed by atoms with van der Waals surface area (Å²) in [5.74, 6) is -0.267. The first-order valence-corrected chi connectivity index (χ1v) is 6.48. The molecule has 0 aliphatic rings. The lowest BCUT2D eigenvalue weighted by molar-refractivity contribution is 0.613. The van der Waals surface area contributed by atoms with Crippen molar-refractivity contribution in [3.8, 4) is 0 Å². The van der Waals surface area contributed by atoms with Crippen molar-refractivity contribution in [1.29, 1.82) is 0 Å². The Hall–Kier alpha value is -1.26. The molecule has 2 nitrogen and oxygen atoms in total. The van der Waals surface area contributed by atoms with Gasteiger partial charge in [-0.2, -0.15) is 0 Å². The van der Waals surface area contributed by atoms with E-state index in [2.05, 4.69) is 20.9 Å². The van der Waals surface area contributed by atoms with Gasteiger partial charge in [-0.3, -0.25) is 4.98 Å². The highest BCUT2D eigenvalue weighted by molar-refractivity contribution is 9.10. The molecule has 2 aromatic rings. The Labute approximate surface area is 114 Å². The molecule has 1 aromatic carbocycles. The van der Waals surface area contributed by atoms with Crippen molar-refractivity contribution in [2.75, 3.05) is 0 Å². The summed E-state index contributed by atoms with van der Waals surface area (Å²) in [6.45, 7) is 2.00. The fourth-order valence-electron chi connectivity index (χ4n) is 1.81. The fourth-order valence-corrected chi connectivity index (χ4v) is 2.24. The maximum absolute atomic E-state index is 13.4. The second kappa shape index (κ2) is 5.59. The highest BCUT2D eigenvalue weighted by Crippen LogP contribution is 2.24. The van der Waals surface area contributed by atoms with Gasteiger partial charge in [0.1, 0.15) is 5.82 Å². The maximum Gasteiger partial charge on any atom is 0.137 e. The van der Waals surface area contributed by atoms with Crippen LogP contribution < -0.4 is 5.73 Å². The van der Waals surface area contributed by atoms with Gasteiger partial charge in [0.25, 0.3) is 0 Å². The minimum absolute atomic E-state index is 0.233. The number of aryl methyl sites for hydroxylation is 1. The second-order valence-electron chi connectivity index (χ2n) is 4.28. The molecule has 2 rings (SSSR count). The Morgan fingerprint density at radius 2 is 2.17 bits per heavy atom. The number of benzene rings is 1. The summed E-state index contributed by atoms with van der Waals surface area (Å²) in [5.41, 5.74) is 8.91. The number of pyridine rings is 1. The monoisotopic (exact) mass is 308 g/mol. The topological polar surface area (TPSA) is 38.9 Å². The number of hydrogen-bond acceptors (Lipinski definition) is 2. The van der Waals surface area contributed by atoms with E-state index in [0.29, 0.717) is 10.9 Å². The third-order valence-corrected chi connectivity index (χ3v) is 3.68. The standard InChI is InChI=1S/C14H14BrFN2/c1-9-5-6-18-13(7-9)12(17)8-10-3-2-4-11(16)14(10)15/h2-7,12H,8,17H2,1H3. The van der Waals surface area contributed by atoms with Crippen molar-refractivity contribution in [3.63, 3.8) is 0 Å². The summed E-state index contributed by atoms with van der Waals surface area (Å²) in [7, 11) is 0. The van der Waals surface area contributed by atoms with E-state index in [0.717, 1.165) is 16.8 Å². The number of hydrogen-bond donors (Lipinski definition) is 1. The molecule has 0 amide bonds. The fraction of sp³-hybridized carbons (Fsp3) is 0.214. The lowest BCUT2D eigenvalue weighted by Crippen LogP contribution is -2.15. The first-order valence-electron chi connectivity index (χ1n) is 5.69. The van der Waals surface area contributed by atoms with E-state index in [1.54, 1.807) is 12.3 Å². The van der Waals surface area contributed by atoms with E-state index >= 15 is 0 Å². The minimum Gasteiger partial charge on any atom is -0.322 e. The van der Waals surface area contributed by atoms with Crippen LogP contribution >= 0.6 is 15.9 Å². The van der Waals surface area contributed by atoms with Crippen molar-refractivity contribution in [3.05, 3.63) is 63.6 Å². The molecule has 0 bridgehead atoms. The quantitative estimate of drug-likeness (QED) is 0.942. The molecule has 2 N–H and O–H groups in total. The van der Waals surface area contributed by atoms with Crippen molar-refractivity contribution in [2.45, 2.75) is 19.4 Å². The lowest BCUT2D eigenvalue weighted by atomic mass is 10.0. The molecule has 0 fully saturated rings. The molecule has 1 atom stereocenters. The smallest absolute Gasteiger partial charge is 0.137 e. The normalized spacial score (nSPS) is 12.4. The van der Waals surface area contributed by atoms with Crippen LogP contribution in [0.25, 0.3) is 0 Å². The minimum atomic E-state index is -0.267. The van der Waals surface area contributed by atoms with Gasteiger partial charge in [0.2, 0.25) is 0 Å². The molecule has 94 valence electrons. The zero-order valence-corrected chi connectivity index (χ0v) is 11.6. The van der Waals surface area contributed by atoms with Gasteiger partial charge in [-0.05, 0) is 58.6 Å². The van der Waals surface area contributed by atoms with Gasteiger partial charge < -0.3 is 5.73 Å². The number of nitrogens with two attached hydrogens (primary N) is 1. The van der Waals surface area contributed by atoms with Crippen LogP contribution in [0.3, 0.4) is 0 Å². The van der Waals surface area contributed by atoms with Crippen LogP contribution in [-0.4, -0.2) is 4.98 Å². The Balaban J connectivity index is 2.21. The van der Waals surface area contributed by atoms with Crippen LogP contribution in [0.4, 0.5) is 4.39 Å². The molecule has 0 spiro atoms. The summed E-state index contributed by atoms with van der Waals surface area (Å²) in [6, 6.07) is 8.62. The summed E-state index contributed by atoms with van der Waals surface area (Å²) < 4.78 is 13.9. The summed E-state index contributed by atoms with van der Waals surface area (Å²) in [5, 5.41) is 0. The van der Waals surface area contributed by atoms with Crippen molar-refractivity contribution < 1.29 is 4.39 Å². The van der Waals surface area contributed by atoms with Crippen molar-refractivity contribution in [1.82, 2.24) is 4.98 Å². The number of nitrogens with zero attached hydrogens (tertiary/aromatic N) is 1. The molecule has 1 unspecified atom stereocenters. The summed E-state index contributed by atoms with van der Waals surface area (Å²) in [6.07, 6.45) is 2.29. The Morgan fingerprint density at radius 3 is 2.89 bits per heavy atom. The van der Waals surface area contributed by atoms with Gasteiger partial charge in [-0.25, -0.2) is 4.39 Å². The summed E-state index contributed by atoms with van der Waals surface area (Å²) >= 11 is 3.24. The van der Waals surface area contributed by atoms with E-state index in [4.69, 9.17) is 5.73 Å². The molecular weight excluding hydrogens is 295 g/mol. The first kappa shape index (κ1) is 13.2. The second-order valence-corrected chi connectivity index (χ2v) is 5.07. The zero-order chi connectivity index (χ0) is 13.1. The number of rotatable bonds is 3. The van der Waals surface area contributed by atoms with Crippen molar-refractivity contribution >= 4 is 15.9 Å². The third kappa shape index (κ3) is 2.94. The molecule has 0 radical (unpaired) electrons. The van der Waals surface area contributed by atoms with E-state index in [9.17, 15) is 4.39 Å². The van der Waals surface area contributed by atoms with Gasteiger partial charge in [0.05, 0.1) is 16.2 Å². The lowest BCUT2D eigenvalue weighted by Gasteiger charge is -2.13. The van der Waals surface area contributed by atoms with Crippen LogP contribution in [0, 0.1) is 12.7 Å². The van der Waals surface area contributed by atoms with Crippen molar-refractivity contribution in [2.24, 2.45) is 5.73 Å². The molecule has 18 heavy (non-hydrogen) atoms. The Bertz CT molecular complexity index is 557. The van der Waals surface area contributed by atoms with Crippen LogP contribution in [0.15, 0.2) is 41.0 Å². The molecule has 4 heteroatoms. The SMILES string of the molecule is Cc1ccnc(C(N)Cc2cccc(F)c2Br)c1. The van der Waals surface area contributed by atoms with Gasteiger partial charge >= 0.3 is 0 Å². The highest BCUT2D eigenvalue weighted by atomic mass is 79.9. The first-order chi connectivity index (χ1) is 8.58. The molecular formula is C14H14BrFN2. The van der Waals surface area contributed by atoms with E-state index < -0.39 is 0 Å². The van der Waals surface area contributed by atoms with Gasteiger partial charge in [0.15, 0.2) is 0 Å². The molecule has 0 aliphatic carbocycles. The van der Waals surface area contributed by atoms with E-state index in [1.165, 1.54) is 6.07 Å². The zero-order valence-electron chi connectivity index (χ0n) is 10.0. The van der Waals surface area contributed by atoms with Crippen LogP contribution in [-0.2, 0) is 6.42 Å². The number of halogens is 2. The molecule has 0 saturated carbocycles. The average Bonchev–Trinajstić information content (AvgIpc) is 2.35. The van der Waals surface area contributed by atoms with Crippen LogP contribution in [0.2, 0.25) is 0 Å². The van der Waals surface area contributed by atoms with Gasteiger partial charge in [-0.15, -0.1) is 0 Å².